The second kappa shape index (κ2) is 5.68. The zero-order valence-electron chi connectivity index (χ0n) is 12.1. The van der Waals surface area contributed by atoms with E-state index in [0.29, 0.717) is 25.8 Å². The van der Waals surface area contributed by atoms with Gasteiger partial charge in [-0.05, 0) is 30.5 Å². The Morgan fingerprint density at radius 2 is 2.23 bits per heavy atom. The topological polar surface area (TPSA) is 78.4 Å². The lowest BCUT2D eigenvalue weighted by molar-refractivity contribution is -0.130. The number of amides is 2. The molecule has 0 radical (unpaired) electrons. The predicted molar refractivity (Wildman–Crippen MR) is 77.3 cm³/mol. The maximum absolute atomic E-state index is 13.1. The lowest BCUT2D eigenvalue weighted by atomic mass is 9.72. The van der Waals surface area contributed by atoms with Crippen molar-refractivity contribution in [3.05, 3.63) is 35.6 Å². The lowest BCUT2D eigenvalue weighted by Gasteiger charge is -2.44. The van der Waals surface area contributed by atoms with Gasteiger partial charge in [-0.1, -0.05) is 12.1 Å². The minimum Gasteiger partial charge on any atom is -0.389 e. The molecule has 0 aromatic heterocycles. The summed E-state index contributed by atoms with van der Waals surface area (Å²) in [6.07, 6.45) is 1.50. The van der Waals surface area contributed by atoms with Crippen LogP contribution >= 0.6 is 0 Å². The SMILES string of the molecule is O=C1CC(C(=O)NC2CC(O)(Cc3cccc(F)c3)C2)CN1. The van der Waals surface area contributed by atoms with E-state index in [1.165, 1.54) is 12.1 Å². The average Bonchev–Trinajstić information content (AvgIpc) is 2.83. The summed E-state index contributed by atoms with van der Waals surface area (Å²) in [5.41, 5.74) is -0.145. The van der Waals surface area contributed by atoms with Crippen LogP contribution in [0.2, 0.25) is 0 Å². The summed E-state index contributed by atoms with van der Waals surface area (Å²) in [4.78, 5) is 23.1. The van der Waals surface area contributed by atoms with Crippen LogP contribution in [0.4, 0.5) is 4.39 Å². The van der Waals surface area contributed by atoms with Gasteiger partial charge in [0.1, 0.15) is 5.82 Å². The number of halogens is 1. The maximum atomic E-state index is 13.1. The van der Waals surface area contributed by atoms with Crippen LogP contribution < -0.4 is 10.6 Å². The number of rotatable bonds is 4. The normalized spacial score (nSPS) is 30.5. The molecule has 22 heavy (non-hydrogen) atoms. The van der Waals surface area contributed by atoms with Gasteiger partial charge in [-0.2, -0.15) is 0 Å². The van der Waals surface area contributed by atoms with Crippen molar-refractivity contribution >= 4 is 11.8 Å². The molecular formula is C16H19FN2O3. The zero-order valence-corrected chi connectivity index (χ0v) is 12.1. The number of carbonyl (C=O) groups is 2. The van der Waals surface area contributed by atoms with E-state index in [9.17, 15) is 19.1 Å². The number of carbonyl (C=O) groups excluding carboxylic acids is 2. The van der Waals surface area contributed by atoms with Gasteiger partial charge in [0.25, 0.3) is 0 Å². The molecule has 2 aliphatic rings. The van der Waals surface area contributed by atoms with Crippen molar-refractivity contribution in [2.24, 2.45) is 5.92 Å². The molecule has 1 heterocycles. The molecule has 2 amide bonds. The molecule has 1 aliphatic heterocycles. The number of nitrogens with one attached hydrogen (secondary N) is 2. The summed E-state index contributed by atoms with van der Waals surface area (Å²) in [5.74, 6) is -0.874. The van der Waals surface area contributed by atoms with Gasteiger partial charge in [-0.25, -0.2) is 4.39 Å². The fourth-order valence-corrected chi connectivity index (χ4v) is 3.24. The Labute approximate surface area is 127 Å². The molecule has 6 heteroatoms. The van der Waals surface area contributed by atoms with Gasteiger partial charge in [0, 0.05) is 25.4 Å². The highest BCUT2D eigenvalue weighted by molar-refractivity contribution is 5.89. The molecule has 1 aliphatic carbocycles. The minimum atomic E-state index is -0.893. The van der Waals surface area contributed by atoms with Gasteiger partial charge in [-0.3, -0.25) is 9.59 Å². The van der Waals surface area contributed by atoms with Crippen molar-refractivity contribution in [1.29, 1.82) is 0 Å². The van der Waals surface area contributed by atoms with Gasteiger partial charge >= 0.3 is 0 Å². The van der Waals surface area contributed by atoms with Crippen LogP contribution in [0.25, 0.3) is 0 Å². The first-order chi connectivity index (χ1) is 10.4. The van der Waals surface area contributed by atoms with E-state index >= 15 is 0 Å². The van der Waals surface area contributed by atoms with Crippen molar-refractivity contribution in [1.82, 2.24) is 10.6 Å². The van der Waals surface area contributed by atoms with E-state index < -0.39 is 5.60 Å². The van der Waals surface area contributed by atoms with Gasteiger partial charge < -0.3 is 15.7 Å². The Balaban J connectivity index is 1.48. The third-order valence-electron chi connectivity index (χ3n) is 4.37. The fourth-order valence-electron chi connectivity index (χ4n) is 3.24. The van der Waals surface area contributed by atoms with Crippen molar-refractivity contribution in [2.75, 3.05) is 6.54 Å². The Morgan fingerprint density at radius 3 is 2.86 bits per heavy atom. The highest BCUT2D eigenvalue weighted by Gasteiger charge is 2.44. The molecule has 5 nitrogen and oxygen atoms in total. The van der Waals surface area contributed by atoms with Crippen LogP contribution in [0, 0.1) is 11.7 Å². The first-order valence-corrected chi connectivity index (χ1v) is 7.47. The number of benzene rings is 1. The summed E-state index contributed by atoms with van der Waals surface area (Å²) < 4.78 is 13.1. The summed E-state index contributed by atoms with van der Waals surface area (Å²) in [6, 6.07) is 6.11. The fraction of sp³-hybridized carbons (Fsp3) is 0.500. The molecular weight excluding hydrogens is 287 g/mol. The van der Waals surface area contributed by atoms with Crippen LogP contribution in [-0.2, 0) is 16.0 Å². The second-order valence-electron chi connectivity index (χ2n) is 6.35. The van der Waals surface area contributed by atoms with Gasteiger partial charge in [0.05, 0.1) is 11.5 Å². The van der Waals surface area contributed by atoms with E-state index in [0.717, 1.165) is 5.56 Å². The van der Waals surface area contributed by atoms with Crippen molar-refractivity contribution in [3.63, 3.8) is 0 Å². The largest absolute Gasteiger partial charge is 0.389 e. The van der Waals surface area contributed by atoms with Crippen molar-refractivity contribution in [2.45, 2.75) is 37.3 Å². The summed E-state index contributed by atoms with van der Waals surface area (Å²) in [6.45, 7) is 0.380. The van der Waals surface area contributed by atoms with Crippen molar-refractivity contribution in [3.8, 4) is 0 Å². The smallest absolute Gasteiger partial charge is 0.225 e. The van der Waals surface area contributed by atoms with Gasteiger partial charge in [0.15, 0.2) is 0 Å². The highest BCUT2D eigenvalue weighted by atomic mass is 19.1. The van der Waals surface area contributed by atoms with Crippen LogP contribution in [0.15, 0.2) is 24.3 Å². The van der Waals surface area contributed by atoms with Gasteiger partial charge in [0.2, 0.25) is 11.8 Å². The number of hydrogen-bond donors (Lipinski definition) is 3. The van der Waals surface area contributed by atoms with E-state index in [1.807, 2.05) is 0 Å². The monoisotopic (exact) mass is 306 g/mol. The van der Waals surface area contributed by atoms with Crippen LogP contribution in [-0.4, -0.2) is 35.1 Å². The third kappa shape index (κ3) is 3.27. The molecule has 1 unspecified atom stereocenters. The molecule has 1 atom stereocenters. The molecule has 1 aromatic rings. The molecule has 118 valence electrons. The van der Waals surface area contributed by atoms with E-state index in [4.69, 9.17) is 0 Å². The minimum absolute atomic E-state index is 0.0817. The summed E-state index contributed by atoms with van der Waals surface area (Å²) in [5, 5.41) is 15.9. The molecule has 3 N–H and O–H groups in total. The first-order valence-electron chi connectivity index (χ1n) is 7.47. The average molecular weight is 306 g/mol. The number of aliphatic hydroxyl groups is 1. The van der Waals surface area contributed by atoms with Crippen LogP contribution in [0.5, 0.6) is 0 Å². The van der Waals surface area contributed by atoms with E-state index in [-0.39, 0.29) is 36.0 Å². The quantitative estimate of drug-likeness (QED) is 0.758. The molecule has 1 aromatic carbocycles. The Morgan fingerprint density at radius 1 is 1.45 bits per heavy atom. The molecule has 0 spiro atoms. The third-order valence-corrected chi connectivity index (χ3v) is 4.37. The second-order valence-corrected chi connectivity index (χ2v) is 6.35. The number of hydrogen-bond acceptors (Lipinski definition) is 3. The molecule has 1 saturated carbocycles. The Kier molecular flexibility index (Phi) is 3.87. The molecule has 1 saturated heterocycles. The summed E-state index contributed by atoms with van der Waals surface area (Å²) >= 11 is 0. The standard InChI is InChI=1S/C16H19FN2O3/c17-12-3-1-2-10(4-12)6-16(22)7-13(8-16)19-15(21)11-5-14(20)18-9-11/h1-4,11,13,22H,5-9H2,(H,18,20)(H,19,21). The predicted octanol–water partition coefficient (Wildman–Crippen LogP) is 0.514. The van der Waals surface area contributed by atoms with Crippen molar-refractivity contribution < 1.29 is 19.1 Å². The molecule has 0 bridgehead atoms. The molecule has 2 fully saturated rings. The first kappa shape index (κ1) is 15.0. The van der Waals surface area contributed by atoms with E-state index in [1.54, 1.807) is 12.1 Å². The highest BCUT2D eigenvalue weighted by Crippen LogP contribution is 2.35. The lowest BCUT2D eigenvalue weighted by Crippen LogP contribution is -2.57. The maximum Gasteiger partial charge on any atom is 0.225 e. The van der Waals surface area contributed by atoms with E-state index in [2.05, 4.69) is 10.6 Å². The Hall–Kier alpha value is -1.95. The zero-order chi connectivity index (χ0) is 15.7. The molecule has 3 rings (SSSR count). The van der Waals surface area contributed by atoms with Gasteiger partial charge in [-0.15, -0.1) is 0 Å². The van der Waals surface area contributed by atoms with Crippen LogP contribution in [0.3, 0.4) is 0 Å². The summed E-state index contributed by atoms with van der Waals surface area (Å²) in [7, 11) is 0. The Bertz CT molecular complexity index is 599. The van der Waals surface area contributed by atoms with Crippen LogP contribution in [0.1, 0.15) is 24.8 Å².